The number of fused-ring (bicyclic) bond motifs is 1. The second kappa shape index (κ2) is 10.7. The van der Waals surface area contributed by atoms with Crippen LogP contribution in [0.5, 0.6) is 11.5 Å². The summed E-state index contributed by atoms with van der Waals surface area (Å²) in [6.45, 7) is 1.77. The van der Waals surface area contributed by atoms with Crippen molar-refractivity contribution in [1.82, 2.24) is 14.1 Å². The molecule has 0 radical (unpaired) electrons. The summed E-state index contributed by atoms with van der Waals surface area (Å²) in [5.74, 6) is 0.0323. The van der Waals surface area contributed by atoms with E-state index in [2.05, 4.69) is 4.98 Å². The molecule has 0 aliphatic carbocycles. The molecule has 1 N–H and O–H groups in total. The molecule has 2 aromatic heterocycles. The zero-order valence-electron chi connectivity index (χ0n) is 20.7. The Labute approximate surface area is 213 Å². The van der Waals surface area contributed by atoms with Crippen molar-refractivity contribution in [2.24, 2.45) is 0 Å². The molecule has 0 spiro atoms. The molecule has 0 saturated carbocycles. The van der Waals surface area contributed by atoms with Crippen LogP contribution in [-0.2, 0) is 16.4 Å². The first kappa shape index (κ1) is 26.4. The predicted octanol–water partition coefficient (Wildman–Crippen LogP) is 3.04. The zero-order chi connectivity index (χ0) is 26.7. The van der Waals surface area contributed by atoms with Crippen LogP contribution in [-0.4, -0.2) is 60.0 Å². The predicted molar refractivity (Wildman–Crippen MR) is 138 cm³/mol. The lowest BCUT2D eigenvalue weighted by molar-refractivity contribution is 0.275. The lowest BCUT2D eigenvalue weighted by Crippen LogP contribution is -2.32. The first-order valence-corrected chi connectivity index (χ1v) is 13.7. The number of benzene rings is 2. The van der Waals surface area contributed by atoms with Gasteiger partial charge in [0.15, 0.2) is 17.1 Å². The van der Waals surface area contributed by atoms with E-state index in [1.807, 2.05) is 6.92 Å². The molecule has 4 rings (SSSR count). The van der Waals surface area contributed by atoms with Crippen molar-refractivity contribution in [1.29, 1.82) is 0 Å². The van der Waals surface area contributed by atoms with Gasteiger partial charge in [-0.2, -0.15) is 0 Å². The lowest BCUT2D eigenvalue weighted by atomic mass is 10.1. The maximum absolute atomic E-state index is 14.5. The summed E-state index contributed by atoms with van der Waals surface area (Å²) in [6, 6.07) is 11.8. The normalized spacial score (nSPS) is 12.6. The molecule has 1 atom stereocenters. The maximum atomic E-state index is 14.5. The first-order chi connectivity index (χ1) is 17.7. The molecule has 0 fully saturated rings. The molecule has 4 aromatic rings. The monoisotopic (exact) mass is 529 g/mol. The number of aromatic nitrogens is 3. The van der Waals surface area contributed by atoms with Crippen LogP contribution in [0, 0.1) is 5.82 Å². The molecule has 1 unspecified atom stereocenters. The minimum Gasteiger partial charge on any atom is -0.493 e. The van der Waals surface area contributed by atoms with Gasteiger partial charge in [-0.25, -0.2) is 22.6 Å². The fraction of sp³-hybridized carbons (Fsp3) is 0.308. The second-order valence-corrected chi connectivity index (χ2v) is 10.7. The molecular formula is C26H28FN3O6S. The standard InChI is InChI=1S/C26H28FN3O6S/c1-4-36-24-14-17(9-10-23(24)35-2)22(16-37(3,33)34)30-25-21(29(11-12-31)26(30)32)13-18(15-28-25)19-7-5-6-8-20(19)27/h5-10,13-15,22,31H,4,11-12,16H2,1-3H3. The van der Waals surface area contributed by atoms with Crippen LogP contribution in [0.15, 0.2) is 59.5 Å². The molecular weight excluding hydrogens is 501 g/mol. The number of nitrogens with zero attached hydrogens (tertiary/aromatic N) is 3. The van der Waals surface area contributed by atoms with Crippen molar-refractivity contribution in [3.8, 4) is 22.6 Å². The highest BCUT2D eigenvalue weighted by molar-refractivity contribution is 7.90. The average Bonchev–Trinajstić information content (AvgIpc) is 3.13. The van der Waals surface area contributed by atoms with Crippen LogP contribution in [0.1, 0.15) is 18.5 Å². The zero-order valence-corrected chi connectivity index (χ0v) is 21.5. The van der Waals surface area contributed by atoms with Gasteiger partial charge in [0.05, 0.1) is 44.2 Å². The summed E-state index contributed by atoms with van der Waals surface area (Å²) in [6.07, 6.45) is 2.53. The van der Waals surface area contributed by atoms with E-state index in [4.69, 9.17) is 9.47 Å². The van der Waals surface area contributed by atoms with Crippen LogP contribution in [0.2, 0.25) is 0 Å². The minimum atomic E-state index is -3.57. The Hall–Kier alpha value is -3.70. The number of halogens is 1. The fourth-order valence-electron chi connectivity index (χ4n) is 4.37. The van der Waals surface area contributed by atoms with Crippen LogP contribution < -0.4 is 15.2 Å². The van der Waals surface area contributed by atoms with E-state index in [1.165, 1.54) is 28.5 Å². The van der Waals surface area contributed by atoms with Crippen LogP contribution in [0.3, 0.4) is 0 Å². The van der Waals surface area contributed by atoms with Gasteiger partial charge in [-0.3, -0.25) is 9.13 Å². The molecule has 0 aliphatic heterocycles. The van der Waals surface area contributed by atoms with Gasteiger partial charge < -0.3 is 14.6 Å². The second-order valence-electron chi connectivity index (χ2n) is 8.53. The third-order valence-electron chi connectivity index (χ3n) is 5.96. The van der Waals surface area contributed by atoms with E-state index >= 15 is 0 Å². The van der Waals surface area contributed by atoms with E-state index in [1.54, 1.807) is 42.5 Å². The van der Waals surface area contributed by atoms with Crippen molar-refractivity contribution in [3.63, 3.8) is 0 Å². The van der Waals surface area contributed by atoms with Crippen LogP contribution in [0.4, 0.5) is 4.39 Å². The Morgan fingerprint density at radius 2 is 1.89 bits per heavy atom. The highest BCUT2D eigenvalue weighted by Crippen LogP contribution is 2.33. The number of aliphatic hydroxyl groups excluding tert-OH is 1. The number of ether oxygens (including phenoxy) is 2. The highest BCUT2D eigenvalue weighted by Gasteiger charge is 2.27. The Morgan fingerprint density at radius 3 is 2.54 bits per heavy atom. The molecule has 2 heterocycles. The summed E-state index contributed by atoms with van der Waals surface area (Å²) in [4.78, 5) is 18.2. The van der Waals surface area contributed by atoms with Gasteiger partial charge in [0.2, 0.25) is 0 Å². The summed E-state index contributed by atoms with van der Waals surface area (Å²) in [5, 5.41) is 9.66. The first-order valence-electron chi connectivity index (χ1n) is 11.6. The topological polar surface area (TPSA) is 113 Å². The van der Waals surface area contributed by atoms with E-state index in [9.17, 15) is 22.7 Å². The quantitative estimate of drug-likeness (QED) is 0.336. The van der Waals surface area contributed by atoms with Crippen molar-refractivity contribution in [2.75, 3.05) is 32.3 Å². The van der Waals surface area contributed by atoms with E-state index in [-0.39, 0.29) is 24.6 Å². The number of sulfone groups is 1. The third kappa shape index (κ3) is 5.37. The van der Waals surface area contributed by atoms with Gasteiger partial charge >= 0.3 is 5.69 Å². The van der Waals surface area contributed by atoms with Crippen LogP contribution >= 0.6 is 0 Å². The van der Waals surface area contributed by atoms with E-state index in [0.717, 1.165) is 6.26 Å². The number of aliphatic hydroxyl groups is 1. The Kier molecular flexibility index (Phi) is 7.65. The van der Waals surface area contributed by atoms with Gasteiger partial charge in [-0.15, -0.1) is 0 Å². The van der Waals surface area contributed by atoms with Crippen molar-refractivity contribution in [3.05, 3.63) is 76.6 Å². The summed E-state index contributed by atoms with van der Waals surface area (Å²) in [7, 11) is -2.08. The molecule has 0 aliphatic rings. The molecule has 0 saturated heterocycles. The SMILES string of the molecule is CCOc1cc(C(CS(C)(=O)=O)n2c(=O)n(CCO)c3cc(-c4ccccc4F)cnc32)ccc1OC. The largest absolute Gasteiger partial charge is 0.493 e. The number of methoxy groups -OCH3 is 1. The molecule has 11 heteroatoms. The van der Waals surface area contributed by atoms with Gasteiger partial charge in [0, 0.05) is 23.6 Å². The number of pyridine rings is 1. The molecule has 0 amide bonds. The number of imidazole rings is 1. The fourth-order valence-corrected chi connectivity index (χ4v) is 5.28. The minimum absolute atomic E-state index is 0.0524. The number of hydrogen-bond acceptors (Lipinski definition) is 7. The smallest absolute Gasteiger partial charge is 0.331 e. The van der Waals surface area contributed by atoms with Gasteiger partial charge in [0.1, 0.15) is 15.7 Å². The Balaban J connectivity index is 1.98. The van der Waals surface area contributed by atoms with Gasteiger partial charge in [0.25, 0.3) is 0 Å². The number of hydrogen-bond donors (Lipinski definition) is 1. The molecule has 196 valence electrons. The molecule has 9 nitrogen and oxygen atoms in total. The maximum Gasteiger partial charge on any atom is 0.331 e. The molecule has 37 heavy (non-hydrogen) atoms. The summed E-state index contributed by atoms with van der Waals surface area (Å²) in [5.41, 5.74) is 1.25. The van der Waals surface area contributed by atoms with E-state index < -0.39 is 27.4 Å². The molecule has 2 aromatic carbocycles. The highest BCUT2D eigenvalue weighted by atomic mass is 32.2. The van der Waals surface area contributed by atoms with Crippen molar-refractivity contribution < 1.29 is 27.4 Å². The van der Waals surface area contributed by atoms with Crippen molar-refractivity contribution in [2.45, 2.75) is 19.5 Å². The average molecular weight is 530 g/mol. The van der Waals surface area contributed by atoms with E-state index in [0.29, 0.717) is 40.3 Å². The Morgan fingerprint density at radius 1 is 1.14 bits per heavy atom. The van der Waals surface area contributed by atoms with Gasteiger partial charge in [-0.05, 0) is 36.8 Å². The summed E-state index contributed by atoms with van der Waals surface area (Å²) < 4.78 is 53.1. The van der Waals surface area contributed by atoms with Crippen molar-refractivity contribution >= 4 is 21.0 Å². The summed E-state index contributed by atoms with van der Waals surface area (Å²) >= 11 is 0. The Bertz CT molecular complexity index is 1600. The lowest BCUT2D eigenvalue weighted by Gasteiger charge is -2.20. The van der Waals surface area contributed by atoms with Crippen LogP contribution in [0.25, 0.3) is 22.3 Å². The molecule has 0 bridgehead atoms. The van der Waals surface area contributed by atoms with Gasteiger partial charge in [-0.1, -0.05) is 24.3 Å². The number of rotatable bonds is 10. The third-order valence-corrected chi connectivity index (χ3v) is 6.88.